The van der Waals surface area contributed by atoms with Crippen LogP contribution >= 0.6 is 7.82 Å². The molecule has 0 saturated heterocycles. The third-order valence-corrected chi connectivity index (χ3v) is 2.46. The van der Waals surface area contributed by atoms with Crippen LogP contribution in [0.3, 0.4) is 0 Å². The highest BCUT2D eigenvalue weighted by molar-refractivity contribution is 7.47. The van der Waals surface area contributed by atoms with E-state index in [-0.39, 0.29) is 32.7 Å². The lowest BCUT2D eigenvalue weighted by molar-refractivity contribution is -0.142. The van der Waals surface area contributed by atoms with Gasteiger partial charge >= 0.3 is 13.8 Å². The molecular formula is C8H18NO7P. The number of aliphatic hydroxyl groups is 2. The van der Waals surface area contributed by atoms with Crippen molar-refractivity contribution < 1.29 is 33.6 Å². The first-order valence-corrected chi connectivity index (χ1v) is 6.66. The quantitative estimate of drug-likeness (QED) is 0.385. The lowest BCUT2D eigenvalue weighted by Crippen LogP contribution is -2.29. The summed E-state index contributed by atoms with van der Waals surface area (Å²) < 4.78 is 20.1. The monoisotopic (exact) mass is 271 g/mol. The van der Waals surface area contributed by atoms with E-state index in [1.165, 1.54) is 0 Å². The molecule has 0 fully saturated rings. The Balaban J connectivity index is 4.28. The van der Waals surface area contributed by atoms with Gasteiger partial charge in [0.15, 0.2) is 0 Å². The minimum Gasteiger partial charge on any atom is -0.395 e. The molecule has 102 valence electrons. The van der Waals surface area contributed by atoms with E-state index >= 15 is 0 Å². The van der Waals surface area contributed by atoms with Crippen LogP contribution in [0.15, 0.2) is 0 Å². The van der Waals surface area contributed by atoms with Crippen molar-refractivity contribution in [2.24, 2.45) is 0 Å². The predicted octanol–water partition coefficient (Wildman–Crippen LogP) is -0.352. The van der Waals surface area contributed by atoms with Crippen LogP contribution in [0.4, 0.5) is 0 Å². The number of carbonyl (C=O) groups is 1. The van der Waals surface area contributed by atoms with Gasteiger partial charge in [0.2, 0.25) is 0 Å². The van der Waals surface area contributed by atoms with Crippen LogP contribution < -0.4 is 0 Å². The van der Waals surface area contributed by atoms with Crippen molar-refractivity contribution in [3.8, 4) is 0 Å². The molecule has 0 aromatic heterocycles. The number of hydrogen-bond donors (Lipinski definition) is 3. The zero-order valence-electron chi connectivity index (χ0n) is 9.61. The molecule has 0 bridgehead atoms. The molecule has 0 rings (SSSR count). The number of rotatable bonds is 9. The molecule has 0 aliphatic rings. The van der Waals surface area contributed by atoms with Crippen LogP contribution in [-0.2, 0) is 18.5 Å². The number of carbonyl (C=O) groups excluding carboxylic acids is 1. The second-order valence-electron chi connectivity index (χ2n) is 3.14. The van der Waals surface area contributed by atoms with Gasteiger partial charge in [-0.3, -0.25) is 9.69 Å². The van der Waals surface area contributed by atoms with Crippen molar-refractivity contribution in [1.29, 1.82) is 0 Å². The minimum absolute atomic E-state index is 0.00785. The van der Waals surface area contributed by atoms with Gasteiger partial charge in [-0.1, -0.05) is 6.92 Å². The fourth-order valence-electron chi connectivity index (χ4n) is 0.958. The predicted molar refractivity (Wildman–Crippen MR) is 57.7 cm³/mol. The summed E-state index contributed by atoms with van der Waals surface area (Å²) in [5.41, 5.74) is 0. The molecule has 0 aliphatic carbocycles. The smallest absolute Gasteiger partial charge is 0.395 e. The summed E-state index contributed by atoms with van der Waals surface area (Å²) in [5.74, 6) is -0.841. The van der Waals surface area contributed by atoms with Crippen molar-refractivity contribution in [3.05, 3.63) is 0 Å². The van der Waals surface area contributed by atoms with Crippen LogP contribution in [0, 0.1) is 0 Å². The Morgan fingerprint density at radius 1 is 1.29 bits per heavy atom. The van der Waals surface area contributed by atoms with Crippen LogP contribution in [0.25, 0.3) is 0 Å². The highest BCUT2D eigenvalue weighted by Gasteiger charge is 2.29. The fourth-order valence-corrected chi connectivity index (χ4v) is 1.79. The molecule has 0 saturated carbocycles. The van der Waals surface area contributed by atoms with Gasteiger partial charge in [-0.15, -0.1) is 0 Å². The van der Waals surface area contributed by atoms with Crippen LogP contribution in [-0.4, -0.2) is 52.4 Å². The molecule has 0 aromatic carbocycles. The fraction of sp³-hybridized carbons (Fsp3) is 0.875. The Hall–Kier alpha value is -0.500. The molecule has 0 aromatic rings. The van der Waals surface area contributed by atoms with Gasteiger partial charge in [0.05, 0.1) is 13.2 Å². The molecule has 8 nitrogen and oxygen atoms in total. The van der Waals surface area contributed by atoms with E-state index in [0.29, 0.717) is 6.42 Å². The Morgan fingerprint density at radius 3 is 2.24 bits per heavy atom. The van der Waals surface area contributed by atoms with Crippen molar-refractivity contribution in [2.75, 3.05) is 26.3 Å². The van der Waals surface area contributed by atoms with E-state index in [4.69, 9.17) is 10.2 Å². The lowest BCUT2D eigenvalue weighted by atomic mass is 10.4. The summed E-state index contributed by atoms with van der Waals surface area (Å²) in [6, 6.07) is 0. The number of aliphatic hydroxyl groups excluding tert-OH is 2. The average molecular weight is 271 g/mol. The molecule has 1 atom stereocenters. The zero-order chi connectivity index (χ0) is 13.3. The van der Waals surface area contributed by atoms with Gasteiger partial charge in [-0.25, -0.2) is 4.57 Å². The van der Waals surface area contributed by atoms with E-state index < -0.39 is 13.8 Å². The largest absolute Gasteiger partial charge is 0.546 e. The summed E-state index contributed by atoms with van der Waals surface area (Å²) in [5, 5.41) is 18.1. The maximum atomic E-state index is 11.3. The van der Waals surface area contributed by atoms with Gasteiger partial charge in [-0.05, 0) is 6.42 Å². The maximum absolute atomic E-state index is 11.3. The third kappa shape index (κ3) is 8.25. The molecule has 0 amide bonds. The summed E-state index contributed by atoms with van der Waals surface area (Å²) in [6.45, 7) is 0.882. The second-order valence-corrected chi connectivity index (χ2v) is 4.42. The Kier molecular flexibility index (Phi) is 8.32. The first-order chi connectivity index (χ1) is 7.95. The summed E-state index contributed by atoms with van der Waals surface area (Å²) in [4.78, 5) is 20.2. The van der Waals surface area contributed by atoms with Gasteiger partial charge in [0.1, 0.15) is 0 Å². The molecule has 3 N–H and O–H groups in total. The van der Waals surface area contributed by atoms with E-state index in [1.807, 2.05) is 0 Å². The van der Waals surface area contributed by atoms with Crippen LogP contribution in [0.1, 0.15) is 19.8 Å². The second kappa shape index (κ2) is 8.57. The average Bonchev–Trinajstić information content (AvgIpc) is 2.16. The molecule has 17 heavy (non-hydrogen) atoms. The molecular weight excluding hydrogens is 253 g/mol. The van der Waals surface area contributed by atoms with Gasteiger partial charge in [0, 0.05) is 19.5 Å². The highest BCUT2D eigenvalue weighted by Crippen LogP contribution is 2.44. The first-order valence-electron chi connectivity index (χ1n) is 5.16. The third-order valence-electron chi connectivity index (χ3n) is 1.59. The summed E-state index contributed by atoms with van der Waals surface area (Å²) in [6.07, 6.45) is 0.490. The van der Waals surface area contributed by atoms with E-state index in [1.54, 1.807) is 6.92 Å². The lowest BCUT2D eigenvalue weighted by Gasteiger charge is -2.21. The highest BCUT2D eigenvalue weighted by atomic mass is 31.2. The normalized spacial score (nSPS) is 14.6. The maximum Gasteiger partial charge on any atom is 0.546 e. The van der Waals surface area contributed by atoms with Crippen LogP contribution in [0.5, 0.6) is 0 Å². The molecule has 0 spiro atoms. The Morgan fingerprint density at radius 2 is 1.82 bits per heavy atom. The van der Waals surface area contributed by atoms with E-state index in [0.717, 1.165) is 5.06 Å². The molecule has 1 unspecified atom stereocenters. The number of phosphoric acid groups is 1. The summed E-state index contributed by atoms with van der Waals surface area (Å²) in [7, 11) is -4.54. The van der Waals surface area contributed by atoms with Crippen molar-refractivity contribution in [1.82, 2.24) is 5.06 Å². The molecule has 0 aliphatic heterocycles. The number of phosphoric ester groups is 1. The minimum atomic E-state index is -4.54. The molecule has 0 radical (unpaired) electrons. The van der Waals surface area contributed by atoms with Gasteiger partial charge in [0.25, 0.3) is 0 Å². The van der Waals surface area contributed by atoms with E-state index in [2.05, 4.69) is 9.15 Å². The number of nitrogens with zero attached hydrogens (tertiary/aromatic N) is 1. The van der Waals surface area contributed by atoms with Crippen molar-refractivity contribution >= 4 is 13.8 Å². The van der Waals surface area contributed by atoms with Crippen molar-refractivity contribution in [2.45, 2.75) is 19.8 Å². The molecule has 9 heteroatoms. The van der Waals surface area contributed by atoms with Gasteiger partial charge in [-0.2, -0.15) is 9.69 Å². The summed E-state index contributed by atoms with van der Waals surface area (Å²) >= 11 is 0. The number of hydrogen-bond acceptors (Lipinski definition) is 7. The zero-order valence-corrected chi connectivity index (χ0v) is 10.5. The Bertz CT molecular complexity index is 267. The van der Waals surface area contributed by atoms with E-state index in [9.17, 15) is 14.3 Å². The first kappa shape index (κ1) is 16.5. The topological polar surface area (TPSA) is 117 Å². The Labute approximate surface area is 99.3 Å². The van der Waals surface area contributed by atoms with Gasteiger partial charge < -0.3 is 14.7 Å². The van der Waals surface area contributed by atoms with Crippen molar-refractivity contribution in [3.63, 3.8) is 0 Å². The standard InChI is InChI=1S/C8H18NO7P/c1-2-3-8(12)15-17(13,14)16-9(4-6-10)5-7-11/h10-11H,2-7H2,1H3,(H,13,14). The number of hydroxylamine groups is 2. The SMILES string of the molecule is CCCC(=O)OP(=O)(O)ON(CCO)CCO. The molecule has 0 heterocycles. The van der Waals surface area contributed by atoms with Crippen LogP contribution in [0.2, 0.25) is 0 Å².